The minimum atomic E-state index is 0.0856. The molecule has 0 aliphatic heterocycles. The van der Waals surface area contributed by atoms with Gasteiger partial charge < -0.3 is 9.84 Å². The summed E-state index contributed by atoms with van der Waals surface area (Å²) in [6.07, 6.45) is 1.04. The van der Waals surface area contributed by atoms with Gasteiger partial charge in [-0.1, -0.05) is 32.9 Å². The number of aliphatic hydroxyl groups is 1. The second-order valence-corrected chi connectivity index (χ2v) is 4.96. The molecule has 0 spiro atoms. The van der Waals surface area contributed by atoms with Crippen molar-refractivity contribution in [2.75, 3.05) is 6.61 Å². The van der Waals surface area contributed by atoms with Crippen LogP contribution >= 0.6 is 0 Å². The zero-order chi connectivity index (χ0) is 11.3. The quantitative estimate of drug-likeness (QED) is 0.824. The normalized spacial score (nSPS) is 11.5. The van der Waals surface area contributed by atoms with Crippen molar-refractivity contribution in [3.8, 4) is 5.75 Å². The largest absolute Gasteiger partial charge is 0.494 e. The van der Waals surface area contributed by atoms with Crippen LogP contribution in [0.25, 0.3) is 0 Å². The summed E-state index contributed by atoms with van der Waals surface area (Å²) in [4.78, 5) is 0. The highest BCUT2D eigenvalue weighted by atomic mass is 16.5. The molecule has 1 rings (SSSR count). The van der Waals surface area contributed by atoms with Gasteiger partial charge in [0.15, 0.2) is 0 Å². The molecule has 84 valence electrons. The molecular weight excluding hydrogens is 188 g/mol. The summed E-state index contributed by atoms with van der Waals surface area (Å²) in [5, 5.41) is 8.87. The Morgan fingerprint density at radius 3 is 2.20 bits per heavy atom. The standard InChI is InChI=1S/C13H20O2/c1-13(2,3)8-9-15-12-6-4-11(10-14)5-7-12/h4-7,14H,8-10H2,1-3H3. The van der Waals surface area contributed by atoms with Gasteiger partial charge in [-0.15, -0.1) is 0 Å². The van der Waals surface area contributed by atoms with E-state index in [0.29, 0.717) is 5.41 Å². The lowest BCUT2D eigenvalue weighted by Gasteiger charge is -2.18. The van der Waals surface area contributed by atoms with E-state index >= 15 is 0 Å². The zero-order valence-electron chi connectivity index (χ0n) is 9.79. The van der Waals surface area contributed by atoms with Crippen molar-refractivity contribution < 1.29 is 9.84 Å². The van der Waals surface area contributed by atoms with E-state index < -0.39 is 0 Å². The molecule has 0 unspecified atom stereocenters. The Bertz CT molecular complexity index is 282. The maximum absolute atomic E-state index is 8.87. The molecule has 0 aromatic heterocycles. The SMILES string of the molecule is CC(C)(C)CCOc1ccc(CO)cc1. The lowest BCUT2D eigenvalue weighted by molar-refractivity contribution is 0.242. The highest BCUT2D eigenvalue weighted by molar-refractivity contribution is 5.26. The second-order valence-electron chi connectivity index (χ2n) is 4.96. The topological polar surface area (TPSA) is 29.5 Å². The molecule has 0 heterocycles. The third-order valence-corrected chi connectivity index (χ3v) is 2.23. The van der Waals surface area contributed by atoms with Crippen molar-refractivity contribution >= 4 is 0 Å². The number of aliphatic hydroxyl groups excluding tert-OH is 1. The van der Waals surface area contributed by atoms with Crippen molar-refractivity contribution in [1.82, 2.24) is 0 Å². The Hall–Kier alpha value is -1.02. The van der Waals surface area contributed by atoms with Crippen LogP contribution in [0.4, 0.5) is 0 Å². The molecule has 0 bridgehead atoms. The molecule has 2 nitrogen and oxygen atoms in total. The molecule has 0 saturated heterocycles. The minimum Gasteiger partial charge on any atom is -0.494 e. The first-order valence-corrected chi connectivity index (χ1v) is 5.34. The maximum Gasteiger partial charge on any atom is 0.119 e. The average molecular weight is 208 g/mol. The summed E-state index contributed by atoms with van der Waals surface area (Å²) < 4.78 is 5.60. The molecule has 1 N–H and O–H groups in total. The first kappa shape index (κ1) is 12.1. The van der Waals surface area contributed by atoms with E-state index in [1.807, 2.05) is 24.3 Å². The molecule has 0 aliphatic rings. The van der Waals surface area contributed by atoms with E-state index in [9.17, 15) is 0 Å². The molecule has 1 aromatic carbocycles. The van der Waals surface area contributed by atoms with E-state index in [1.165, 1.54) is 0 Å². The van der Waals surface area contributed by atoms with E-state index in [-0.39, 0.29) is 6.61 Å². The summed E-state index contributed by atoms with van der Waals surface area (Å²) in [6.45, 7) is 7.42. The van der Waals surface area contributed by atoms with Crippen molar-refractivity contribution in [2.24, 2.45) is 5.41 Å². The molecular formula is C13H20O2. The van der Waals surface area contributed by atoms with Gasteiger partial charge in [0.25, 0.3) is 0 Å². The fraction of sp³-hybridized carbons (Fsp3) is 0.538. The number of ether oxygens (including phenoxy) is 1. The lowest BCUT2D eigenvalue weighted by atomic mass is 9.93. The third-order valence-electron chi connectivity index (χ3n) is 2.23. The molecule has 15 heavy (non-hydrogen) atoms. The first-order chi connectivity index (χ1) is 7.01. The Balaban J connectivity index is 2.38. The van der Waals surface area contributed by atoms with Crippen LogP contribution in [0.3, 0.4) is 0 Å². The van der Waals surface area contributed by atoms with Gasteiger partial charge in [0.2, 0.25) is 0 Å². The molecule has 0 radical (unpaired) electrons. The van der Waals surface area contributed by atoms with Crippen LogP contribution in [-0.2, 0) is 6.61 Å². The van der Waals surface area contributed by atoms with Crippen molar-refractivity contribution in [1.29, 1.82) is 0 Å². The summed E-state index contributed by atoms with van der Waals surface area (Å²) >= 11 is 0. The number of benzene rings is 1. The van der Waals surface area contributed by atoms with Crippen LogP contribution in [0.15, 0.2) is 24.3 Å². The van der Waals surface area contributed by atoms with Gasteiger partial charge in [-0.2, -0.15) is 0 Å². The minimum absolute atomic E-state index is 0.0856. The zero-order valence-corrected chi connectivity index (χ0v) is 9.79. The van der Waals surface area contributed by atoms with Gasteiger partial charge in [-0.3, -0.25) is 0 Å². The fourth-order valence-electron chi connectivity index (χ4n) is 1.17. The summed E-state index contributed by atoms with van der Waals surface area (Å²) in [7, 11) is 0. The molecule has 2 heteroatoms. The van der Waals surface area contributed by atoms with Crippen molar-refractivity contribution in [3.63, 3.8) is 0 Å². The number of hydrogen-bond donors (Lipinski definition) is 1. The predicted octanol–water partition coefficient (Wildman–Crippen LogP) is 2.99. The molecule has 0 aliphatic carbocycles. The van der Waals surface area contributed by atoms with Crippen LogP contribution < -0.4 is 4.74 Å². The van der Waals surface area contributed by atoms with Gasteiger partial charge in [0.05, 0.1) is 13.2 Å². The van der Waals surface area contributed by atoms with Gasteiger partial charge >= 0.3 is 0 Å². The summed E-state index contributed by atoms with van der Waals surface area (Å²) in [5.74, 6) is 0.872. The van der Waals surface area contributed by atoms with Crippen LogP contribution in [0.2, 0.25) is 0 Å². The molecule has 0 fully saturated rings. The Morgan fingerprint density at radius 1 is 1.13 bits per heavy atom. The van der Waals surface area contributed by atoms with Crippen LogP contribution in [0.5, 0.6) is 5.75 Å². The maximum atomic E-state index is 8.87. The highest BCUT2D eigenvalue weighted by Gasteiger charge is 2.09. The van der Waals surface area contributed by atoms with Crippen molar-refractivity contribution in [2.45, 2.75) is 33.8 Å². The van der Waals surface area contributed by atoms with Crippen molar-refractivity contribution in [3.05, 3.63) is 29.8 Å². The number of hydrogen-bond acceptors (Lipinski definition) is 2. The van der Waals surface area contributed by atoms with E-state index in [4.69, 9.17) is 9.84 Å². The smallest absolute Gasteiger partial charge is 0.119 e. The van der Waals surface area contributed by atoms with E-state index in [2.05, 4.69) is 20.8 Å². The molecule has 1 aromatic rings. The molecule has 0 atom stereocenters. The second kappa shape index (κ2) is 5.17. The Labute approximate surface area is 91.9 Å². The molecule has 0 amide bonds. The number of rotatable bonds is 4. The molecule has 0 saturated carbocycles. The van der Waals surface area contributed by atoms with E-state index in [1.54, 1.807) is 0 Å². The lowest BCUT2D eigenvalue weighted by Crippen LogP contribution is -2.11. The van der Waals surface area contributed by atoms with Crippen LogP contribution in [-0.4, -0.2) is 11.7 Å². The summed E-state index contributed by atoms with van der Waals surface area (Å²) in [5.41, 5.74) is 1.23. The average Bonchev–Trinajstić information content (AvgIpc) is 2.17. The summed E-state index contributed by atoms with van der Waals surface area (Å²) in [6, 6.07) is 7.56. The van der Waals surface area contributed by atoms with Crippen LogP contribution in [0.1, 0.15) is 32.8 Å². The predicted molar refractivity (Wildman–Crippen MR) is 61.9 cm³/mol. The fourth-order valence-corrected chi connectivity index (χ4v) is 1.17. The van der Waals surface area contributed by atoms with Gasteiger partial charge in [-0.05, 0) is 29.5 Å². The van der Waals surface area contributed by atoms with Gasteiger partial charge in [0, 0.05) is 0 Å². The first-order valence-electron chi connectivity index (χ1n) is 5.34. The monoisotopic (exact) mass is 208 g/mol. The van der Waals surface area contributed by atoms with Gasteiger partial charge in [0.1, 0.15) is 5.75 Å². The highest BCUT2D eigenvalue weighted by Crippen LogP contribution is 2.19. The Kier molecular flexibility index (Phi) is 4.15. The van der Waals surface area contributed by atoms with Gasteiger partial charge in [-0.25, -0.2) is 0 Å². The third kappa shape index (κ3) is 4.84. The van der Waals surface area contributed by atoms with E-state index in [0.717, 1.165) is 24.3 Å². The van der Waals surface area contributed by atoms with Crippen LogP contribution in [0, 0.1) is 5.41 Å². The Morgan fingerprint density at radius 2 is 1.73 bits per heavy atom.